The SMILES string of the molecule is CCOc1ccc(-c2ccc(CCC(=O)O)n2-c2ccc(C(N)=O)cc2C)cc1. The maximum Gasteiger partial charge on any atom is 0.303 e. The molecule has 0 saturated heterocycles. The van der Waals surface area contributed by atoms with E-state index in [-0.39, 0.29) is 6.42 Å². The molecule has 0 fully saturated rings. The Morgan fingerprint density at radius 1 is 1.07 bits per heavy atom. The van der Waals surface area contributed by atoms with Gasteiger partial charge in [-0.3, -0.25) is 9.59 Å². The first-order valence-corrected chi connectivity index (χ1v) is 9.47. The van der Waals surface area contributed by atoms with Gasteiger partial charge in [0.05, 0.1) is 18.7 Å². The third-order valence-corrected chi connectivity index (χ3v) is 4.74. The van der Waals surface area contributed by atoms with Crippen LogP contribution in [0.5, 0.6) is 5.75 Å². The van der Waals surface area contributed by atoms with Crippen molar-refractivity contribution < 1.29 is 19.4 Å². The third kappa shape index (κ3) is 4.48. The van der Waals surface area contributed by atoms with Crippen LogP contribution in [0.2, 0.25) is 0 Å². The first-order valence-electron chi connectivity index (χ1n) is 9.47. The number of carboxylic acids is 1. The van der Waals surface area contributed by atoms with E-state index in [0.717, 1.165) is 34.0 Å². The molecule has 3 rings (SSSR count). The molecule has 3 aromatic rings. The Morgan fingerprint density at radius 2 is 1.79 bits per heavy atom. The van der Waals surface area contributed by atoms with Crippen molar-refractivity contribution in [2.24, 2.45) is 5.73 Å². The Hall–Kier alpha value is -3.54. The summed E-state index contributed by atoms with van der Waals surface area (Å²) in [6, 6.07) is 17.0. The molecule has 0 unspecified atom stereocenters. The average molecular weight is 392 g/mol. The van der Waals surface area contributed by atoms with E-state index in [1.54, 1.807) is 12.1 Å². The highest BCUT2D eigenvalue weighted by molar-refractivity contribution is 5.93. The number of amides is 1. The van der Waals surface area contributed by atoms with E-state index in [1.165, 1.54) is 0 Å². The zero-order chi connectivity index (χ0) is 21.0. The van der Waals surface area contributed by atoms with Crippen LogP contribution in [0.1, 0.15) is 35.0 Å². The number of carbonyl (C=O) groups is 2. The highest BCUT2D eigenvalue weighted by Gasteiger charge is 2.16. The topological polar surface area (TPSA) is 94.6 Å². The van der Waals surface area contributed by atoms with Crippen LogP contribution < -0.4 is 10.5 Å². The number of ether oxygens (including phenoxy) is 1. The smallest absolute Gasteiger partial charge is 0.303 e. The summed E-state index contributed by atoms with van der Waals surface area (Å²) in [5.74, 6) is -0.534. The fourth-order valence-electron chi connectivity index (χ4n) is 3.37. The molecule has 1 amide bonds. The lowest BCUT2D eigenvalue weighted by molar-refractivity contribution is -0.136. The number of nitrogens with two attached hydrogens (primary N) is 1. The predicted octanol–water partition coefficient (Wildman–Crippen LogP) is 3.97. The summed E-state index contributed by atoms with van der Waals surface area (Å²) in [5.41, 5.74) is 10.4. The van der Waals surface area contributed by atoms with Gasteiger partial charge in [0.1, 0.15) is 5.75 Å². The van der Waals surface area contributed by atoms with Crippen molar-refractivity contribution in [3.05, 3.63) is 71.4 Å². The maximum atomic E-state index is 11.5. The summed E-state index contributed by atoms with van der Waals surface area (Å²) < 4.78 is 7.56. The van der Waals surface area contributed by atoms with Crippen molar-refractivity contribution in [1.82, 2.24) is 4.57 Å². The summed E-state index contributed by atoms with van der Waals surface area (Å²) in [6.45, 7) is 4.44. The first-order chi connectivity index (χ1) is 13.9. The summed E-state index contributed by atoms with van der Waals surface area (Å²) in [6.07, 6.45) is 0.425. The van der Waals surface area contributed by atoms with Gasteiger partial charge in [-0.1, -0.05) is 0 Å². The molecule has 6 heteroatoms. The molecule has 1 aromatic heterocycles. The minimum Gasteiger partial charge on any atom is -0.494 e. The molecule has 0 spiro atoms. The van der Waals surface area contributed by atoms with Crippen LogP contribution in [0.4, 0.5) is 0 Å². The van der Waals surface area contributed by atoms with Crippen LogP contribution in [-0.2, 0) is 11.2 Å². The molecular formula is C23H24N2O4. The largest absolute Gasteiger partial charge is 0.494 e. The highest BCUT2D eigenvalue weighted by Crippen LogP contribution is 2.30. The van der Waals surface area contributed by atoms with Crippen LogP contribution in [0.3, 0.4) is 0 Å². The Labute approximate surface area is 169 Å². The number of benzene rings is 2. The van der Waals surface area contributed by atoms with Crippen molar-refractivity contribution in [1.29, 1.82) is 0 Å². The van der Waals surface area contributed by atoms with Crippen molar-refractivity contribution >= 4 is 11.9 Å². The summed E-state index contributed by atoms with van der Waals surface area (Å²) >= 11 is 0. The molecule has 2 aromatic carbocycles. The molecule has 0 saturated carbocycles. The lowest BCUT2D eigenvalue weighted by Gasteiger charge is -2.17. The number of hydrogen-bond donors (Lipinski definition) is 2. The molecule has 29 heavy (non-hydrogen) atoms. The van der Waals surface area contributed by atoms with Gasteiger partial charge in [-0.25, -0.2) is 0 Å². The van der Waals surface area contributed by atoms with Crippen LogP contribution in [-0.4, -0.2) is 28.2 Å². The number of aryl methyl sites for hydroxylation is 2. The van der Waals surface area contributed by atoms with Gasteiger partial charge in [-0.05, 0) is 86.0 Å². The molecule has 0 radical (unpaired) electrons. The van der Waals surface area contributed by atoms with Gasteiger partial charge in [-0.2, -0.15) is 0 Å². The number of rotatable bonds is 8. The number of nitrogens with zero attached hydrogens (tertiary/aromatic N) is 1. The minimum atomic E-state index is -0.846. The van der Waals surface area contributed by atoms with Crippen LogP contribution in [0.15, 0.2) is 54.6 Å². The molecule has 0 aliphatic carbocycles. The van der Waals surface area contributed by atoms with E-state index in [1.807, 2.05) is 60.9 Å². The Kier molecular flexibility index (Phi) is 6.02. The monoisotopic (exact) mass is 392 g/mol. The van der Waals surface area contributed by atoms with Crippen molar-refractivity contribution in [2.45, 2.75) is 26.7 Å². The molecule has 0 aliphatic rings. The molecule has 0 aliphatic heterocycles. The minimum absolute atomic E-state index is 0.0329. The van der Waals surface area contributed by atoms with E-state index in [9.17, 15) is 9.59 Å². The van der Waals surface area contributed by atoms with Gasteiger partial charge in [0, 0.05) is 16.9 Å². The normalized spacial score (nSPS) is 10.7. The molecule has 0 atom stereocenters. The van der Waals surface area contributed by atoms with E-state index in [4.69, 9.17) is 15.6 Å². The number of aliphatic carboxylic acids is 1. The maximum absolute atomic E-state index is 11.5. The Bertz CT molecular complexity index is 1040. The lowest BCUT2D eigenvalue weighted by atomic mass is 10.1. The molecule has 150 valence electrons. The van der Waals surface area contributed by atoms with Gasteiger partial charge in [0.15, 0.2) is 0 Å². The van der Waals surface area contributed by atoms with Crippen LogP contribution >= 0.6 is 0 Å². The lowest BCUT2D eigenvalue weighted by Crippen LogP contribution is -2.12. The van der Waals surface area contributed by atoms with E-state index in [0.29, 0.717) is 18.6 Å². The van der Waals surface area contributed by atoms with Gasteiger partial charge < -0.3 is 20.1 Å². The van der Waals surface area contributed by atoms with Gasteiger partial charge in [0.25, 0.3) is 0 Å². The second-order valence-corrected chi connectivity index (χ2v) is 6.76. The molecule has 0 bridgehead atoms. The van der Waals surface area contributed by atoms with Gasteiger partial charge >= 0.3 is 5.97 Å². The fourth-order valence-corrected chi connectivity index (χ4v) is 3.37. The highest BCUT2D eigenvalue weighted by atomic mass is 16.5. The quantitative estimate of drug-likeness (QED) is 0.606. The summed E-state index contributed by atoms with van der Waals surface area (Å²) in [7, 11) is 0. The average Bonchev–Trinajstić information content (AvgIpc) is 3.10. The molecule has 3 N–H and O–H groups in total. The number of primary amides is 1. The van der Waals surface area contributed by atoms with E-state index >= 15 is 0 Å². The predicted molar refractivity (Wildman–Crippen MR) is 112 cm³/mol. The first kappa shape index (κ1) is 20.2. The number of aromatic nitrogens is 1. The van der Waals surface area contributed by atoms with Gasteiger partial charge in [0.2, 0.25) is 5.91 Å². The van der Waals surface area contributed by atoms with Crippen LogP contribution in [0, 0.1) is 6.92 Å². The standard InChI is InChI=1S/C23H24N2O4/c1-3-29-19-9-4-16(5-10-19)21-12-7-18(8-13-22(26)27)25(21)20-11-6-17(23(24)28)14-15(20)2/h4-7,9-12,14H,3,8,13H2,1-2H3,(H2,24,28)(H,26,27). The zero-order valence-corrected chi connectivity index (χ0v) is 16.5. The summed E-state index contributed by atoms with van der Waals surface area (Å²) in [4.78, 5) is 22.6. The van der Waals surface area contributed by atoms with Crippen molar-refractivity contribution in [2.75, 3.05) is 6.61 Å². The second-order valence-electron chi connectivity index (χ2n) is 6.76. The number of carboxylic acid groups (broad SMARTS) is 1. The Balaban J connectivity index is 2.10. The summed E-state index contributed by atoms with van der Waals surface area (Å²) in [5, 5.41) is 9.12. The Morgan fingerprint density at radius 3 is 2.38 bits per heavy atom. The van der Waals surface area contributed by atoms with Gasteiger partial charge in [-0.15, -0.1) is 0 Å². The van der Waals surface area contributed by atoms with Crippen LogP contribution in [0.25, 0.3) is 16.9 Å². The van der Waals surface area contributed by atoms with E-state index in [2.05, 4.69) is 0 Å². The molecular weight excluding hydrogens is 368 g/mol. The van der Waals surface area contributed by atoms with Crippen molar-refractivity contribution in [3.8, 4) is 22.7 Å². The van der Waals surface area contributed by atoms with Crippen molar-refractivity contribution in [3.63, 3.8) is 0 Å². The second kappa shape index (κ2) is 8.65. The fraction of sp³-hybridized carbons (Fsp3) is 0.217. The zero-order valence-electron chi connectivity index (χ0n) is 16.5. The molecule has 6 nitrogen and oxygen atoms in total. The van der Waals surface area contributed by atoms with E-state index < -0.39 is 11.9 Å². The third-order valence-electron chi connectivity index (χ3n) is 4.74. The number of hydrogen-bond acceptors (Lipinski definition) is 3. The number of carbonyl (C=O) groups excluding carboxylic acids is 1. The molecule has 1 heterocycles.